The molecule has 1 N–H and O–H groups in total. The van der Waals surface area contributed by atoms with E-state index in [4.69, 9.17) is 0 Å². The first-order valence-corrected chi connectivity index (χ1v) is 5.36. The summed E-state index contributed by atoms with van der Waals surface area (Å²) in [7, 11) is 0. The van der Waals surface area contributed by atoms with E-state index in [0.29, 0.717) is 5.92 Å². The van der Waals surface area contributed by atoms with Crippen molar-refractivity contribution in [3.63, 3.8) is 0 Å². The summed E-state index contributed by atoms with van der Waals surface area (Å²) in [4.78, 5) is 11.5. The van der Waals surface area contributed by atoms with Crippen molar-refractivity contribution in [1.82, 2.24) is 0 Å². The van der Waals surface area contributed by atoms with Crippen LogP contribution in [0, 0.1) is 12.8 Å². The molecule has 1 saturated carbocycles. The minimum absolute atomic E-state index is 0.316. The van der Waals surface area contributed by atoms with Crippen molar-refractivity contribution < 1.29 is 9.90 Å². The van der Waals surface area contributed by atoms with Gasteiger partial charge in [-0.2, -0.15) is 0 Å². The van der Waals surface area contributed by atoms with Gasteiger partial charge in [0, 0.05) is 0 Å². The van der Waals surface area contributed by atoms with Crippen LogP contribution in [-0.4, -0.2) is 11.1 Å². The third kappa shape index (κ3) is 1.54. The molecule has 1 fully saturated rings. The monoisotopic (exact) mass is 204 g/mol. The number of carbonyl (C=O) groups is 1. The van der Waals surface area contributed by atoms with Gasteiger partial charge in [0.05, 0.1) is 5.41 Å². The molecule has 1 aliphatic rings. The first-order valence-electron chi connectivity index (χ1n) is 5.36. The average Bonchev–Trinajstić information content (AvgIpc) is 3.00. The van der Waals surface area contributed by atoms with Gasteiger partial charge in [-0.3, -0.25) is 4.79 Å². The molecule has 0 saturated heterocycles. The Morgan fingerprint density at radius 3 is 2.47 bits per heavy atom. The largest absolute Gasteiger partial charge is 0.481 e. The first-order chi connectivity index (χ1) is 7.06. The van der Waals surface area contributed by atoms with Crippen LogP contribution in [0.5, 0.6) is 0 Å². The van der Waals surface area contributed by atoms with Gasteiger partial charge < -0.3 is 5.11 Å². The maximum atomic E-state index is 11.5. The van der Waals surface area contributed by atoms with Crippen LogP contribution in [0.2, 0.25) is 0 Å². The van der Waals surface area contributed by atoms with E-state index in [1.807, 2.05) is 38.1 Å². The van der Waals surface area contributed by atoms with Crippen LogP contribution < -0.4 is 0 Å². The number of carboxylic acids is 1. The SMILES string of the molecule is Cc1ccccc1C(C)(C(=O)O)C1CC1. The minimum Gasteiger partial charge on any atom is -0.481 e. The fraction of sp³-hybridized carbons (Fsp3) is 0.462. The molecule has 0 amide bonds. The lowest BCUT2D eigenvalue weighted by molar-refractivity contribution is -0.144. The highest BCUT2D eigenvalue weighted by Gasteiger charge is 2.49. The molecule has 0 spiro atoms. The second-order valence-corrected chi connectivity index (χ2v) is 4.60. The van der Waals surface area contributed by atoms with Gasteiger partial charge in [-0.05, 0) is 43.7 Å². The topological polar surface area (TPSA) is 37.3 Å². The van der Waals surface area contributed by atoms with E-state index in [9.17, 15) is 9.90 Å². The average molecular weight is 204 g/mol. The van der Waals surface area contributed by atoms with Crippen molar-refractivity contribution in [2.45, 2.75) is 32.1 Å². The summed E-state index contributed by atoms with van der Waals surface area (Å²) in [5.41, 5.74) is 1.36. The highest BCUT2D eigenvalue weighted by Crippen LogP contribution is 2.48. The number of hydrogen-bond donors (Lipinski definition) is 1. The van der Waals surface area contributed by atoms with Crippen LogP contribution in [0.3, 0.4) is 0 Å². The van der Waals surface area contributed by atoms with Gasteiger partial charge in [-0.25, -0.2) is 0 Å². The van der Waals surface area contributed by atoms with Crippen molar-refractivity contribution in [1.29, 1.82) is 0 Å². The molecule has 0 bridgehead atoms. The zero-order valence-electron chi connectivity index (χ0n) is 9.16. The molecular formula is C13H16O2. The van der Waals surface area contributed by atoms with E-state index < -0.39 is 11.4 Å². The summed E-state index contributed by atoms with van der Waals surface area (Å²) in [6.45, 7) is 3.84. The van der Waals surface area contributed by atoms with E-state index >= 15 is 0 Å². The van der Waals surface area contributed by atoms with Gasteiger partial charge in [0.25, 0.3) is 0 Å². The molecule has 0 radical (unpaired) electrons. The maximum Gasteiger partial charge on any atom is 0.314 e. The molecule has 1 aromatic rings. The summed E-state index contributed by atoms with van der Waals surface area (Å²) in [6, 6.07) is 7.81. The van der Waals surface area contributed by atoms with Crippen LogP contribution in [-0.2, 0) is 10.2 Å². The van der Waals surface area contributed by atoms with Crippen molar-refractivity contribution in [3.05, 3.63) is 35.4 Å². The molecule has 1 unspecified atom stereocenters. The van der Waals surface area contributed by atoms with Crippen LogP contribution in [0.4, 0.5) is 0 Å². The standard InChI is InChI=1S/C13H16O2/c1-9-5-3-4-6-11(9)13(2,12(14)15)10-7-8-10/h3-6,10H,7-8H2,1-2H3,(H,14,15). The lowest BCUT2D eigenvalue weighted by Crippen LogP contribution is -2.35. The molecule has 1 aromatic carbocycles. The van der Waals surface area contributed by atoms with Crippen molar-refractivity contribution in [3.8, 4) is 0 Å². The van der Waals surface area contributed by atoms with Crippen LogP contribution in [0.25, 0.3) is 0 Å². The summed E-state index contributed by atoms with van der Waals surface area (Å²) in [5.74, 6) is -0.379. The second kappa shape index (κ2) is 3.37. The van der Waals surface area contributed by atoms with Gasteiger partial charge in [-0.15, -0.1) is 0 Å². The molecule has 0 aromatic heterocycles. The molecule has 80 valence electrons. The smallest absolute Gasteiger partial charge is 0.314 e. The highest BCUT2D eigenvalue weighted by molar-refractivity contribution is 5.82. The van der Waals surface area contributed by atoms with Crippen molar-refractivity contribution >= 4 is 5.97 Å². The Kier molecular flexibility index (Phi) is 2.29. The number of aryl methyl sites for hydroxylation is 1. The van der Waals surface area contributed by atoms with E-state index in [-0.39, 0.29) is 0 Å². The predicted molar refractivity (Wildman–Crippen MR) is 58.9 cm³/mol. The number of hydrogen-bond acceptors (Lipinski definition) is 1. The first kappa shape index (κ1) is 10.2. The molecule has 2 rings (SSSR count). The molecule has 0 heterocycles. The van der Waals surface area contributed by atoms with Gasteiger partial charge in [0.15, 0.2) is 0 Å². The fourth-order valence-electron chi connectivity index (χ4n) is 2.33. The van der Waals surface area contributed by atoms with Crippen molar-refractivity contribution in [2.75, 3.05) is 0 Å². The minimum atomic E-state index is -0.695. The van der Waals surface area contributed by atoms with Gasteiger partial charge >= 0.3 is 5.97 Å². The lowest BCUT2D eigenvalue weighted by atomic mass is 9.76. The van der Waals surface area contributed by atoms with E-state index in [2.05, 4.69) is 0 Å². The summed E-state index contributed by atoms with van der Waals surface area (Å²) < 4.78 is 0. The Bertz CT molecular complexity index is 393. The summed E-state index contributed by atoms with van der Waals surface area (Å²) >= 11 is 0. The van der Waals surface area contributed by atoms with Crippen molar-refractivity contribution in [2.24, 2.45) is 5.92 Å². The number of carboxylic acid groups (broad SMARTS) is 1. The number of benzene rings is 1. The third-order valence-electron chi connectivity index (χ3n) is 3.54. The highest BCUT2D eigenvalue weighted by atomic mass is 16.4. The van der Waals surface area contributed by atoms with E-state index in [0.717, 1.165) is 24.0 Å². The van der Waals surface area contributed by atoms with Gasteiger partial charge in [0.1, 0.15) is 0 Å². The van der Waals surface area contributed by atoms with Crippen LogP contribution in [0.15, 0.2) is 24.3 Å². The van der Waals surface area contributed by atoms with Gasteiger partial charge in [-0.1, -0.05) is 24.3 Å². The lowest BCUT2D eigenvalue weighted by Gasteiger charge is -2.26. The quantitative estimate of drug-likeness (QED) is 0.822. The Hall–Kier alpha value is -1.31. The molecule has 2 nitrogen and oxygen atoms in total. The van der Waals surface area contributed by atoms with E-state index in [1.165, 1.54) is 0 Å². The fourth-order valence-corrected chi connectivity index (χ4v) is 2.33. The molecule has 0 aliphatic heterocycles. The Labute approximate surface area is 89.9 Å². The zero-order chi connectivity index (χ0) is 11.1. The van der Waals surface area contributed by atoms with E-state index in [1.54, 1.807) is 0 Å². The molecule has 15 heavy (non-hydrogen) atoms. The van der Waals surface area contributed by atoms with Crippen LogP contribution in [0.1, 0.15) is 30.9 Å². The van der Waals surface area contributed by atoms with Gasteiger partial charge in [0.2, 0.25) is 0 Å². The third-order valence-corrected chi connectivity index (χ3v) is 3.54. The maximum absolute atomic E-state index is 11.5. The Morgan fingerprint density at radius 2 is 2.00 bits per heavy atom. The zero-order valence-corrected chi connectivity index (χ0v) is 9.16. The Balaban J connectivity index is 2.50. The number of aliphatic carboxylic acids is 1. The molecule has 1 aliphatic carbocycles. The molecule has 1 atom stereocenters. The molecule has 2 heteroatoms. The summed E-state index contributed by atoms with van der Waals surface area (Å²) in [6.07, 6.45) is 2.08. The molecular weight excluding hydrogens is 188 g/mol. The second-order valence-electron chi connectivity index (χ2n) is 4.60. The predicted octanol–water partition coefficient (Wildman–Crippen LogP) is 2.75. The van der Waals surface area contributed by atoms with Crippen LogP contribution >= 0.6 is 0 Å². The summed E-state index contributed by atoms with van der Waals surface area (Å²) in [5, 5.41) is 9.42. The number of rotatable bonds is 3. The normalized spacial score (nSPS) is 19.6. The Morgan fingerprint density at radius 1 is 1.40 bits per heavy atom.